The Morgan fingerprint density at radius 3 is 2.47 bits per heavy atom. The molecule has 1 N–H and O–H groups in total. The van der Waals surface area contributed by atoms with Gasteiger partial charge in [0.2, 0.25) is 0 Å². The maximum absolute atomic E-state index is 13.6. The van der Waals surface area contributed by atoms with E-state index in [2.05, 4.69) is 4.74 Å². The molecule has 0 saturated carbocycles. The van der Waals surface area contributed by atoms with Crippen LogP contribution in [-0.4, -0.2) is 18.2 Å². The van der Waals surface area contributed by atoms with Gasteiger partial charge in [-0.25, -0.2) is 13.2 Å². The number of carboxylic acid groups (broad SMARTS) is 1. The molecule has 0 saturated heterocycles. The van der Waals surface area contributed by atoms with Gasteiger partial charge in [0.1, 0.15) is 0 Å². The van der Waals surface area contributed by atoms with Gasteiger partial charge in [-0.15, -0.1) is 0 Å². The molecule has 0 spiro atoms. The van der Waals surface area contributed by atoms with Crippen molar-refractivity contribution in [1.82, 2.24) is 0 Å². The fourth-order valence-electron chi connectivity index (χ4n) is 1.35. The number of carboxylic acids is 1. The summed E-state index contributed by atoms with van der Waals surface area (Å²) in [6.45, 7) is 1.28. The lowest BCUT2D eigenvalue weighted by molar-refractivity contribution is -0.141. The average molecular weight is 248 g/mol. The van der Waals surface area contributed by atoms with Crippen LogP contribution in [0.5, 0.6) is 5.75 Å². The van der Waals surface area contributed by atoms with Crippen LogP contribution in [0.1, 0.15) is 12.5 Å². The molecular weight excluding hydrogens is 237 g/mol. The van der Waals surface area contributed by atoms with Gasteiger partial charge in [0.25, 0.3) is 0 Å². The fraction of sp³-hybridized carbons (Fsp3) is 0.364. The molecule has 6 heteroatoms. The molecule has 3 nitrogen and oxygen atoms in total. The van der Waals surface area contributed by atoms with E-state index in [9.17, 15) is 18.0 Å². The van der Waals surface area contributed by atoms with Crippen molar-refractivity contribution in [2.45, 2.75) is 13.3 Å². The van der Waals surface area contributed by atoms with E-state index in [4.69, 9.17) is 5.11 Å². The zero-order valence-corrected chi connectivity index (χ0v) is 9.26. The van der Waals surface area contributed by atoms with Crippen molar-refractivity contribution in [3.05, 3.63) is 29.1 Å². The van der Waals surface area contributed by atoms with E-state index in [1.165, 1.54) is 6.92 Å². The highest BCUT2D eigenvalue weighted by Gasteiger charge is 2.23. The molecule has 1 aromatic rings. The number of aliphatic carboxylic acids is 1. The zero-order chi connectivity index (χ0) is 13.2. The average Bonchev–Trinajstić information content (AvgIpc) is 2.28. The number of hydrogen-bond acceptors (Lipinski definition) is 2. The van der Waals surface area contributed by atoms with Crippen molar-refractivity contribution < 1.29 is 27.8 Å². The molecule has 0 aliphatic carbocycles. The van der Waals surface area contributed by atoms with Gasteiger partial charge in [-0.1, -0.05) is 6.92 Å². The molecule has 1 aromatic carbocycles. The van der Waals surface area contributed by atoms with Crippen molar-refractivity contribution >= 4 is 5.97 Å². The molecule has 0 amide bonds. The third-order valence-electron chi connectivity index (χ3n) is 2.37. The smallest absolute Gasteiger partial charge is 0.306 e. The number of methoxy groups -OCH3 is 1. The van der Waals surface area contributed by atoms with Crippen LogP contribution in [0.3, 0.4) is 0 Å². The minimum atomic E-state index is -1.38. The fourth-order valence-corrected chi connectivity index (χ4v) is 1.35. The highest BCUT2D eigenvalue weighted by Crippen LogP contribution is 2.27. The van der Waals surface area contributed by atoms with Gasteiger partial charge in [0.15, 0.2) is 23.2 Å². The van der Waals surface area contributed by atoms with E-state index in [1.807, 2.05) is 0 Å². The molecule has 1 atom stereocenters. The van der Waals surface area contributed by atoms with Crippen molar-refractivity contribution in [2.24, 2.45) is 5.92 Å². The van der Waals surface area contributed by atoms with Gasteiger partial charge in [0, 0.05) is 11.6 Å². The maximum atomic E-state index is 13.6. The number of benzene rings is 1. The highest BCUT2D eigenvalue weighted by atomic mass is 19.2. The first-order valence-electron chi connectivity index (χ1n) is 4.81. The lowest BCUT2D eigenvalue weighted by atomic mass is 10.00. The van der Waals surface area contributed by atoms with E-state index in [0.717, 1.165) is 7.11 Å². The van der Waals surface area contributed by atoms with E-state index < -0.39 is 47.1 Å². The lowest BCUT2D eigenvalue weighted by Crippen LogP contribution is -2.15. The standard InChI is InChI=1S/C11H11F3O3/c1-5(11(15)16)3-6-9(13)7(12)4-8(17-2)10(6)14/h4-5H,3H2,1-2H3,(H,15,16). The maximum Gasteiger partial charge on any atom is 0.306 e. The summed E-state index contributed by atoms with van der Waals surface area (Å²) >= 11 is 0. The van der Waals surface area contributed by atoms with Crippen LogP contribution in [0, 0.1) is 23.4 Å². The van der Waals surface area contributed by atoms with Crippen LogP contribution in [0.25, 0.3) is 0 Å². The first kappa shape index (κ1) is 13.3. The van der Waals surface area contributed by atoms with Crippen molar-refractivity contribution in [3.63, 3.8) is 0 Å². The Morgan fingerprint density at radius 1 is 1.41 bits per heavy atom. The third-order valence-corrected chi connectivity index (χ3v) is 2.37. The second-order valence-corrected chi connectivity index (χ2v) is 3.61. The molecular formula is C11H11F3O3. The number of carbonyl (C=O) groups is 1. The van der Waals surface area contributed by atoms with E-state index in [1.54, 1.807) is 0 Å². The lowest BCUT2D eigenvalue weighted by Gasteiger charge is -2.11. The second kappa shape index (κ2) is 5.07. The van der Waals surface area contributed by atoms with Gasteiger partial charge in [0.05, 0.1) is 13.0 Å². The zero-order valence-electron chi connectivity index (χ0n) is 9.26. The Balaban J connectivity index is 3.22. The minimum absolute atomic E-state index is 0.443. The van der Waals surface area contributed by atoms with E-state index in [0.29, 0.717) is 6.07 Å². The number of hydrogen-bond donors (Lipinski definition) is 1. The summed E-state index contributed by atoms with van der Waals surface area (Å²) in [5.74, 6) is -6.40. The van der Waals surface area contributed by atoms with Crippen molar-refractivity contribution in [3.8, 4) is 5.75 Å². The molecule has 1 unspecified atom stereocenters. The van der Waals surface area contributed by atoms with Crippen LogP contribution in [0.15, 0.2) is 6.07 Å². The summed E-state index contributed by atoms with van der Waals surface area (Å²) < 4.78 is 44.6. The monoisotopic (exact) mass is 248 g/mol. The second-order valence-electron chi connectivity index (χ2n) is 3.61. The van der Waals surface area contributed by atoms with Crippen LogP contribution < -0.4 is 4.74 Å². The third kappa shape index (κ3) is 2.69. The predicted octanol–water partition coefficient (Wildman–Crippen LogP) is 2.38. The summed E-state index contributed by atoms with van der Waals surface area (Å²) in [5.41, 5.74) is -0.614. The van der Waals surface area contributed by atoms with Crippen molar-refractivity contribution in [1.29, 1.82) is 0 Å². The largest absolute Gasteiger partial charge is 0.494 e. The van der Waals surface area contributed by atoms with Gasteiger partial charge in [-0.3, -0.25) is 4.79 Å². The van der Waals surface area contributed by atoms with Crippen LogP contribution in [0.2, 0.25) is 0 Å². The summed E-state index contributed by atoms with van der Waals surface area (Å²) in [6.07, 6.45) is -0.443. The van der Waals surface area contributed by atoms with Gasteiger partial charge in [-0.05, 0) is 6.42 Å². The minimum Gasteiger partial charge on any atom is -0.494 e. The van der Waals surface area contributed by atoms with Crippen molar-refractivity contribution in [2.75, 3.05) is 7.11 Å². The Labute approximate surface area is 95.8 Å². The Bertz CT molecular complexity index is 446. The van der Waals surface area contributed by atoms with E-state index in [-0.39, 0.29) is 0 Å². The Kier molecular flexibility index (Phi) is 3.98. The molecule has 94 valence electrons. The normalized spacial score (nSPS) is 12.3. The topological polar surface area (TPSA) is 46.5 Å². The molecule has 17 heavy (non-hydrogen) atoms. The predicted molar refractivity (Wildman–Crippen MR) is 53.4 cm³/mol. The summed E-state index contributed by atoms with van der Waals surface area (Å²) in [4.78, 5) is 10.6. The Hall–Kier alpha value is -1.72. The molecule has 1 rings (SSSR count). The van der Waals surface area contributed by atoms with Gasteiger partial charge in [-0.2, -0.15) is 0 Å². The quantitative estimate of drug-likeness (QED) is 0.832. The van der Waals surface area contributed by atoms with Crippen LogP contribution in [0.4, 0.5) is 13.2 Å². The SMILES string of the molecule is COc1cc(F)c(F)c(CC(C)C(=O)O)c1F. The summed E-state index contributed by atoms with van der Waals surface area (Å²) in [6, 6.07) is 0.583. The highest BCUT2D eigenvalue weighted by molar-refractivity contribution is 5.70. The van der Waals surface area contributed by atoms with Gasteiger partial charge >= 0.3 is 5.97 Å². The molecule has 0 bridgehead atoms. The number of rotatable bonds is 4. The molecule has 0 aliphatic rings. The molecule has 0 heterocycles. The molecule has 0 radical (unpaired) electrons. The first-order chi connectivity index (χ1) is 7.88. The molecule has 0 fully saturated rings. The van der Waals surface area contributed by atoms with E-state index >= 15 is 0 Å². The number of ether oxygens (including phenoxy) is 1. The van der Waals surface area contributed by atoms with Gasteiger partial charge < -0.3 is 9.84 Å². The Morgan fingerprint density at radius 2 is 2.00 bits per heavy atom. The van der Waals surface area contributed by atoms with Crippen LogP contribution >= 0.6 is 0 Å². The molecule has 0 aromatic heterocycles. The number of halogens is 3. The van der Waals surface area contributed by atoms with Crippen LogP contribution in [-0.2, 0) is 11.2 Å². The molecule has 0 aliphatic heterocycles. The summed E-state index contributed by atoms with van der Waals surface area (Å²) in [7, 11) is 1.11. The summed E-state index contributed by atoms with van der Waals surface area (Å²) in [5, 5.41) is 8.65. The first-order valence-corrected chi connectivity index (χ1v) is 4.81.